The minimum atomic E-state index is -3.69. The molecule has 0 aromatic heterocycles. The Morgan fingerprint density at radius 3 is 2.12 bits per heavy atom. The minimum absolute atomic E-state index is 0.0393. The average molecular weight is 360 g/mol. The molecule has 25 heavy (non-hydrogen) atoms. The predicted octanol–water partition coefficient (Wildman–Crippen LogP) is 2.71. The highest BCUT2D eigenvalue weighted by Gasteiger charge is 2.12. The molecule has 0 saturated carbocycles. The number of carbonyl (C=O) groups excluding carboxylic acids is 1. The third kappa shape index (κ3) is 5.69. The molecule has 0 bridgehead atoms. The molecule has 0 radical (unpaired) electrons. The van der Waals surface area contributed by atoms with Crippen molar-refractivity contribution in [2.24, 2.45) is 5.14 Å². The van der Waals surface area contributed by atoms with Crippen molar-refractivity contribution in [1.29, 1.82) is 0 Å². The number of aryl methyl sites for hydroxylation is 1. The SMILES string of the molecule is CCc1ccc(C(C)CC(=O)NCc2ccc(S(N)(=O)=O)cc2)cc1. The molecule has 0 aliphatic carbocycles. The molecule has 0 aliphatic rings. The number of carbonyl (C=O) groups is 1. The van der Waals surface area contributed by atoms with Gasteiger partial charge < -0.3 is 5.32 Å². The van der Waals surface area contributed by atoms with Crippen LogP contribution in [0.1, 0.15) is 42.9 Å². The fraction of sp³-hybridized carbons (Fsp3) is 0.316. The lowest BCUT2D eigenvalue weighted by Gasteiger charge is -2.13. The van der Waals surface area contributed by atoms with Crippen molar-refractivity contribution in [3.05, 3.63) is 65.2 Å². The Morgan fingerprint density at radius 2 is 1.60 bits per heavy atom. The lowest BCUT2D eigenvalue weighted by molar-refractivity contribution is -0.121. The van der Waals surface area contributed by atoms with Crippen LogP contribution in [0, 0.1) is 0 Å². The van der Waals surface area contributed by atoms with E-state index in [-0.39, 0.29) is 16.7 Å². The first-order chi connectivity index (χ1) is 11.8. The highest BCUT2D eigenvalue weighted by atomic mass is 32.2. The number of nitrogens with one attached hydrogen (secondary N) is 1. The largest absolute Gasteiger partial charge is 0.352 e. The van der Waals surface area contributed by atoms with E-state index in [2.05, 4.69) is 36.5 Å². The van der Waals surface area contributed by atoms with Crippen molar-refractivity contribution in [3.63, 3.8) is 0 Å². The molecule has 0 saturated heterocycles. The van der Waals surface area contributed by atoms with Gasteiger partial charge in [0.05, 0.1) is 4.90 Å². The van der Waals surface area contributed by atoms with Crippen LogP contribution in [-0.2, 0) is 27.8 Å². The molecule has 0 fully saturated rings. The third-order valence-corrected chi connectivity index (χ3v) is 5.12. The molecule has 1 unspecified atom stereocenters. The van der Waals surface area contributed by atoms with Gasteiger partial charge in [0, 0.05) is 13.0 Å². The number of amides is 1. The van der Waals surface area contributed by atoms with Crippen molar-refractivity contribution < 1.29 is 13.2 Å². The first kappa shape index (κ1) is 19.1. The number of hydrogen-bond donors (Lipinski definition) is 2. The van der Waals surface area contributed by atoms with E-state index in [0.717, 1.165) is 17.5 Å². The Morgan fingerprint density at radius 1 is 1.04 bits per heavy atom. The Balaban J connectivity index is 1.87. The molecule has 2 aromatic carbocycles. The molecule has 0 aliphatic heterocycles. The van der Waals surface area contributed by atoms with Gasteiger partial charge in [-0.2, -0.15) is 0 Å². The molecule has 1 amide bonds. The van der Waals surface area contributed by atoms with E-state index in [9.17, 15) is 13.2 Å². The number of rotatable bonds is 7. The second kappa shape index (κ2) is 8.27. The number of primary sulfonamides is 1. The second-order valence-corrected chi connectivity index (χ2v) is 7.73. The Hall–Kier alpha value is -2.18. The van der Waals surface area contributed by atoms with Gasteiger partial charge in [0.1, 0.15) is 0 Å². The van der Waals surface area contributed by atoms with Crippen LogP contribution in [0.2, 0.25) is 0 Å². The average Bonchev–Trinajstić information content (AvgIpc) is 2.59. The van der Waals surface area contributed by atoms with Crippen molar-refractivity contribution in [3.8, 4) is 0 Å². The first-order valence-corrected chi connectivity index (χ1v) is 9.81. The van der Waals surface area contributed by atoms with Crippen LogP contribution in [0.3, 0.4) is 0 Å². The second-order valence-electron chi connectivity index (χ2n) is 6.17. The molecule has 0 heterocycles. The molecule has 0 spiro atoms. The number of nitrogens with two attached hydrogens (primary N) is 1. The zero-order valence-electron chi connectivity index (χ0n) is 14.5. The van der Waals surface area contributed by atoms with Crippen molar-refractivity contribution in [2.75, 3.05) is 0 Å². The van der Waals surface area contributed by atoms with Gasteiger partial charge in [-0.1, -0.05) is 50.2 Å². The number of hydrogen-bond acceptors (Lipinski definition) is 3. The lowest BCUT2D eigenvalue weighted by atomic mass is 9.96. The van der Waals surface area contributed by atoms with Gasteiger partial charge in [-0.15, -0.1) is 0 Å². The van der Waals surface area contributed by atoms with Gasteiger partial charge in [-0.25, -0.2) is 13.6 Å². The van der Waals surface area contributed by atoms with Gasteiger partial charge in [-0.3, -0.25) is 4.79 Å². The van der Waals surface area contributed by atoms with Crippen LogP contribution in [0.25, 0.3) is 0 Å². The third-order valence-electron chi connectivity index (χ3n) is 4.19. The number of sulfonamides is 1. The van der Waals surface area contributed by atoms with E-state index in [0.29, 0.717) is 13.0 Å². The highest BCUT2D eigenvalue weighted by Crippen LogP contribution is 2.19. The summed E-state index contributed by atoms with van der Waals surface area (Å²) in [6, 6.07) is 14.5. The zero-order chi connectivity index (χ0) is 18.4. The van der Waals surface area contributed by atoms with E-state index >= 15 is 0 Å². The van der Waals surface area contributed by atoms with Crippen LogP contribution in [0.4, 0.5) is 0 Å². The standard InChI is InChI=1S/C19H24N2O3S/c1-3-15-4-8-17(9-5-15)14(2)12-19(22)21-13-16-6-10-18(11-7-16)25(20,23)24/h4-11,14H,3,12-13H2,1-2H3,(H,21,22)(H2,20,23,24). The first-order valence-electron chi connectivity index (χ1n) is 8.27. The van der Waals surface area contributed by atoms with Crippen LogP contribution in [0.5, 0.6) is 0 Å². The molecule has 6 heteroatoms. The van der Waals surface area contributed by atoms with E-state index in [1.54, 1.807) is 12.1 Å². The maximum absolute atomic E-state index is 12.1. The van der Waals surface area contributed by atoms with Crippen molar-refractivity contribution in [1.82, 2.24) is 5.32 Å². The maximum Gasteiger partial charge on any atom is 0.238 e. The van der Waals surface area contributed by atoms with Gasteiger partial charge >= 0.3 is 0 Å². The molecule has 5 nitrogen and oxygen atoms in total. The summed E-state index contributed by atoms with van der Waals surface area (Å²) in [5.41, 5.74) is 3.24. The summed E-state index contributed by atoms with van der Waals surface area (Å²) < 4.78 is 22.4. The Kier molecular flexibility index (Phi) is 6.33. The van der Waals surface area contributed by atoms with Gasteiger partial charge in [0.15, 0.2) is 0 Å². The topological polar surface area (TPSA) is 89.3 Å². The van der Waals surface area contributed by atoms with E-state index in [1.807, 2.05) is 6.92 Å². The van der Waals surface area contributed by atoms with Crippen molar-refractivity contribution in [2.45, 2.75) is 44.0 Å². The smallest absolute Gasteiger partial charge is 0.238 e. The molecular weight excluding hydrogens is 336 g/mol. The molecule has 3 N–H and O–H groups in total. The monoisotopic (exact) mass is 360 g/mol. The zero-order valence-corrected chi connectivity index (χ0v) is 15.3. The summed E-state index contributed by atoms with van der Waals surface area (Å²) in [4.78, 5) is 12.2. The quantitative estimate of drug-likeness (QED) is 0.795. The predicted molar refractivity (Wildman–Crippen MR) is 98.5 cm³/mol. The van der Waals surface area contributed by atoms with Crippen molar-refractivity contribution >= 4 is 15.9 Å². The van der Waals surface area contributed by atoms with Gasteiger partial charge in [0.25, 0.3) is 0 Å². The van der Waals surface area contributed by atoms with E-state index in [4.69, 9.17) is 5.14 Å². The molecule has 2 aromatic rings. The lowest BCUT2D eigenvalue weighted by Crippen LogP contribution is -2.24. The molecule has 1 atom stereocenters. The molecular formula is C19H24N2O3S. The number of benzene rings is 2. The van der Waals surface area contributed by atoms with E-state index in [1.165, 1.54) is 17.7 Å². The molecule has 134 valence electrons. The summed E-state index contributed by atoms with van der Waals surface area (Å²) >= 11 is 0. The maximum atomic E-state index is 12.1. The Labute approximate surface area is 149 Å². The highest BCUT2D eigenvalue weighted by molar-refractivity contribution is 7.89. The van der Waals surface area contributed by atoms with Crippen LogP contribution < -0.4 is 10.5 Å². The Bertz CT molecular complexity index is 813. The summed E-state index contributed by atoms with van der Waals surface area (Å²) in [6.45, 7) is 4.49. The summed E-state index contributed by atoms with van der Waals surface area (Å²) in [6.07, 6.45) is 1.40. The normalized spacial score (nSPS) is 12.6. The van der Waals surface area contributed by atoms with E-state index < -0.39 is 10.0 Å². The van der Waals surface area contributed by atoms with Crippen LogP contribution >= 0.6 is 0 Å². The van der Waals surface area contributed by atoms with Crippen LogP contribution in [-0.4, -0.2) is 14.3 Å². The summed E-state index contributed by atoms with van der Waals surface area (Å²) in [7, 11) is -3.69. The van der Waals surface area contributed by atoms with Gasteiger partial charge in [-0.05, 0) is 41.2 Å². The fourth-order valence-electron chi connectivity index (χ4n) is 2.55. The van der Waals surface area contributed by atoms with Crippen LogP contribution in [0.15, 0.2) is 53.4 Å². The molecule has 2 rings (SSSR count). The summed E-state index contributed by atoms with van der Waals surface area (Å²) in [5, 5.41) is 7.92. The summed E-state index contributed by atoms with van der Waals surface area (Å²) in [5.74, 6) is 0.0956. The van der Waals surface area contributed by atoms with Gasteiger partial charge in [0.2, 0.25) is 15.9 Å². The fourth-order valence-corrected chi connectivity index (χ4v) is 3.06. The minimum Gasteiger partial charge on any atom is -0.352 e.